The van der Waals surface area contributed by atoms with E-state index in [1.807, 2.05) is 6.92 Å². The number of nitrogens with zero attached hydrogens (tertiary/aromatic N) is 3. The lowest BCUT2D eigenvalue weighted by atomic mass is 10.3. The normalized spacial score (nSPS) is 10.3. The van der Waals surface area contributed by atoms with Gasteiger partial charge in [0.25, 0.3) is 0 Å². The van der Waals surface area contributed by atoms with Crippen molar-refractivity contribution in [3.05, 3.63) is 29.7 Å². The number of carbonyl (C=O) groups is 1. The highest BCUT2D eigenvalue weighted by Gasteiger charge is 2.06. The van der Waals surface area contributed by atoms with Gasteiger partial charge in [0.1, 0.15) is 10.9 Å². The smallest absolute Gasteiger partial charge is 0.337 e. The zero-order valence-corrected chi connectivity index (χ0v) is 9.88. The lowest BCUT2D eigenvalue weighted by Crippen LogP contribution is -1.96. The van der Waals surface area contributed by atoms with E-state index in [4.69, 9.17) is 5.11 Å². The number of aromatic nitrogens is 3. The van der Waals surface area contributed by atoms with Gasteiger partial charge < -0.3 is 5.11 Å². The van der Waals surface area contributed by atoms with E-state index in [1.165, 1.54) is 35.6 Å². The molecule has 0 radical (unpaired) electrons. The van der Waals surface area contributed by atoms with Gasteiger partial charge in [0.05, 0.1) is 5.56 Å². The van der Waals surface area contributed by atoms with Crippen LogP contribution in [-0.2, 0) is 0 Å². The van der Waals surface area contributed by atoms with Crippen LogP contribution in [-0.4, -0.2) is 25.4 Å². The third-order valence-corrected chi connectivity index (χ3v) is 3.48. The minimum absolute atomic E-state index is 0.179. The molecule has 0 spiro atoms. The van der Waals surface area contributed by atoms with E-state index in [9.17, 15) is 4.79 Å². The van der Waals surface area contributed by atoms with E-state index in [1.54, 1.807) is 6.07 Å². The van der Waals surface area contributed by atoms with Crippen molar-refractivity contribution < 1.29 is 9.90 Å². The predicted octanol–water partition coefficient (Wildman–Crippen LogP) is 2.09. The predicted molar refractivity (Wildman–Crippen MR) is 60.0 cm³/mol. The van der Waals surface area contributed by atoms with Gasteiger partial charge in [0.15, 0.2) is 4.34 Å². The molecule has 0 atom stereocenters. The Balaban J connectivity index is 2.14. The van der Waals surface area contributed by atoms with Gasteiger partial charge in [-0.1, -0.05) is 0 Å². The van der Waals surface area contributed by atoms with Crippen LogP contribution in [0.2, 0.25) is 0 Å². The number of aryl methyl sites for hydroxylation is 1. The van der Waals surface area contributed by atoms with Crippen molar-refractivity contribution >= 4 is 29.3 Å². The topological polar surface area (TPSA) is 76.0 Å². The molecule has 7 heteroatoms. The van der Waals surface area contributed by atoms with Crippen LogP contribution >= 0.6 is 23.3 Å². The first-order chi connectivity index (χ1) is 7.65. The first-order valence-corrected chi connectivity index (χ1v) is 5.91. The summed E-state index contributed by atoms with van der Waals surface area (Å²) in [6.07, 6.45) is 1.33. The minimum Gasteiger partial charge on any atom is -0.478 e. The first-order valence-electron chi connectivity index (χ1n) is 4.32. The summed E-state index contributed by atoms with van der Waals surface area (Å²) in [5.41, 5.74) is 0.179. The van der Waals surface area contributed by atoms with E-state index in [0.29, 0.717) is 5.03 Å². The minimum atomic E-state index is -0.976. The van der Waals surface area contributed by atoms with Gasteiger partial charge in [-0.05, 0) is 42.4 Å². The molecule has 1 N–H and O–H groups in total. The van der Waals surface area contributed by atoms with Gasteiger partial charge >= 0.3 is 5.97 Å². The standard InChI is InChI=1S/C9H7N3O2S2/c1-5-11-9(16-12-5)15-7-3-2-6(4-10-7)8(13)14/h2-4H,1H3,(H,13,14). The molecule has 2 aromatic rings. The fraction of sp³-hybridized carbons (Fsp3) is 0.111. The van der Waals surface area contributed by atoms with E-state index in [2.05, 4.69) is 14.3 Å². The quantitative estimate of drug-likeness (QED) is 0.902. The van der Waals surface area contributed by atoms with Crippen molar-refractivity contribution in [2.75, 3.05) is 0 Å². The fourth-order valence-corrected chi connectivity index (χ4v) is 2.52. The molecule has 0 fully saturated rings. The monoisotopic (exact) mass is 253 g/mol. The van der Waals surface area contributed by atoms with E-state index >= 15 is 0 Å². The number of hydrogen-bond donors (Lipinski definition) is 1. The molecule has 0 aromatic carbocycles. The average Bonchev–Trinajstić information content (AvgIpc) is 2.65. The van der Waals surface area contributed by atoms with Crippen LogP contribution in [0.1, 0.15) is 16.2 Å². The summed E-state index contributed by atoms with van der Waals surface area (Å²) >= 11 is 2.67. The zero-order valence-electron chi connectivity index (χ0n) is 8.25. The number of pyridine rings is 1. The van der Waals surface area contributed by atoms with E-state index in [0.717, 1.165) is 10.2 Å². The van der Waals surface area contributed by atoms with Gasteiger partial charge in [-0.2, -0.15) is 4.37 Å². The zero-order chi connectivity index (χ0) is 11.5. The molecule has 2 aromatic heterocycles. The largest absolute Gasteiger partial charge is 0.478 e. The fourth-order valence-electron chi connectivity index (χ4n) is 0.976. The molecule has 2 heterocycles. The number of carboxylic acids is 1. The highest BCUT2D eigenvalue weighted by atomic mass is 32.2. The van der Waals surface area contributed by atoms with Gasteiger partial charge in [0, 0.05) is 6.20 Å². The Morgan fingerprint density at radius 3 is 2.81 bits per heavy atom. The van der Waals surface area contributed by atoms with Crippen molar-refractivity contribution in [2.45, 2.75) is 16.3 Å². The molecule has 0 aliphatic rings. The maximum absolute atomic E-state index is 10.6. The Hall–Kier alpha value is -1.47. The molecule has 0 amide bonds. The molecule has 0 saturated heterocycles. The molecular formula is C9H7N3O2S2. The molecule has 2 rings (SSSR count). The summed E-state index contributed by atoms with van der Waals surface area (Å²) in [6.45, 7) is 1.82. The summed E-state index contributed by atoms with van der Waals surface area (Å²) in [5.74, 6) is -0.245. The van der Waals surface area contributed by atoms with Crippen LogP contribution in [0.5, 0.6) is 0 Å². The Morgan fingerprint density at radius 1 is 1.50 bits per heavy atom. The Bertz CT molecular complexity index is 510. The van der Waals surface area contributed by atoms with E-state index < -0.39 is 5.97 Å². The van der Waals surface area contributed by atoms with E-state index in [-0.39, 0.29) is 5.56 Å². The molecule has 16 heavy (non-hydrogen) atoms. The molecule has 5 nitrogen and oxygen atoms in total. The molecule has 0 aliphatic carbocycles. The SMILES string of the molecule is Cc1nsc(Sc2ccc(C(=O)O)cn2)n1. The second-order valence-corrected chi connectivity index (χ2v) is 4.92. The van der Waals surface area contributed by atoms with Crippen molar-refractivity contribution in [1.29, 1.82) is 0 Å². The van der Waals surface area contributed by atoms with Crippen molar-refractivity contribution in [1.82, 2.24) is 14.3 Å². The van der Waals surface area contributed by atoms with Gasteiger partial charge in [-0.25, -0.2) is 14.8 Å². The Morgan fingerprint density at radius 2 is 2.31 bits per heavy atom. The van der Waals surface area contributed by atoms with Gasteiger partial charge in [-0.15, -0.1) is 0 Å². The molecular weight excluding hydrogens is 246 g/mol. The number of hydrogen-bond acceptors (Lipinski definition) is 6. The van der Waals surface area contributed by atoms with Crippen molar-refractivity contribution in [3.63, 3.8) is 0 Å². The number of rotatable bonds is 3. The lowest BCUT2D eigenvalue weighted by molar-refractivity contribution is 0.0696. The highest BCUT2D eigenvalue weighted by molar-refractivity contribution is 8.00. The first kappa shape index (κ1) is 11.0. The molecule has 0 unspecified atom stereocenters. The highest BCUT2D eigenvalue weighted by Crippen LogP contribution is 2.27. The third-order valence-electron chi connectivity index (χ3n) is 1.68. The van der Waals surface area contributed by atoms with Gasteiger partial charge in [0.2, 0.25) is 0 Å². The third kappa shape index (κ3) is 2.56. The summed E-state index contributed by atoms with van der Waals surface area (Å²) in [5, 5.41) is 9.41. The maximum Gasteiger partial charge on any atom is 0.337 e. The lowest BCUT2D eigenvalue weighted by Gasteiger charge is -1.96. The van der Waals surface area contributed by atoms with Crippen LogP contribution in [0.15, 0.2) is 27.7 Å². The molecule has 0 aliphatic heterocycles. The second-order valence-electron chi connectivity index (χ2n) is 2.90. The Kier molecular flexibility index (Phi) is 3.16. The number of carboxylic acid groups (broad SMARTS) is 1. The summed E-state index contributed by atoms with van der Waals surface area (Å²) in [4.78, 5) is 18.8. The van der Waals surface area contributed by atoms with Crippen LogP contribution in [0, 0.1) is 6.92 Å². The summed E-state index contributed by atoms with van der Waals surface area (Å²) in [6, 6.07) is 3.18. The molecule has 82 valence electrons. The number of aromatic carboxylic acids is 1. The van der Waals surface area contributed by atoms with Crippen LogP contribution in [0.4, 0.5) is 0 Å². The second kappa shape index (κ2) is 4.58. The van der Waals surface area contributed by atoms with Crippen LogP contribution in [0.25, 0.3) is 0 Å². The van der Waals surface area contributed by atoms with Crippen molar-refractivity contribution in [2.24, 2.45) is 0 Å². The summed E-state index contributed by atoms with van der Waals surface area (Å²) in [7, 11) is 0. The van der Waals surface area contributed by atoms with Gasteiger partial charge in [-0.3, -0.25) is 0 Å². The van der Waals surface area contributed by atoms with Crippen LogP contribution < -0.4 is 0 Å². The molecule has 0 bridgehead atoms. The maximum atomic E-state index is 10.6. The van der Waals surface area contributed by atoms with Crippen LogP contribution in [0.3, 0.4) is 0 Å². The average molecular weight is 253 g/mol. The Labute approximate surface area is 99.7 Å². The summed E-state index contributed by atoms with van der Waals surface area (Å²) < 4.78 is 4.85. The van der Waals surface area contributed by atoms with Crippen molar-refractivity contribution in [3.8, 4) is 0 Å². The molecule has 0 saturated carbocycles.